The Labute approximate surface area is 67.8 Å². The van der Waals surface area contributed by atoms with Crippen LogP contribution in [-0.4, -0.2) is 17.5 Å². The maximum absolute atomic E-state index is 5.40. The topological polar surface area (TPSA) is 26.0 Å². The summed E-state index contributed by atoms with van der Waals surface area (Å²) in [6.07, 6.45) is 7.02. The van der Waals surface area contributed by atoms with E-state index in [9.17, 15) is 0 Å². The normalized spacial score (nSPS) is 20.1. The Morgan fingerprint density at radius 1 is 1.30 bits per heavy atom. The molecular formula is C8H17NS. The standard InChI is InChI=1S/C8H17NS/c9-6-3-7-10-8-4-1-2-5-8/h8H,1-7,9H2. The molecule has 1 aliphatic carbocycles. The molecule has 0 aromatic rings. The third kappa shape index (κ3) is 2.93. The van der Waals surface area contributed by atoms with Crippen LogP contribution >= 0.6 is 11.8 Å². The highest BCUT2D eigenvalue weighted by Gasteiger charge is 2.13. The van der Waals surface area contributed by atoms with Gasteiger partial charge in [0.2, 0.25) is 0 Å². The first-order valence-corrected chi connectivity index (χ1v) is 5.30. The second kappa shape index (κ2) is 5.03. The van der Waals surface area contributed by atoms with E-state index in [0.29, 0.717) is 0 Å². The van der Waals surface area contributed by atoms with Crippen molar-refractivity contribution in [3.05, 3.63) is 0 Å². The molecule has 1 nitrogen and oxygen atoms in total. The molecule has 10 heavy (non-hydrogen) atoms. The van der Waals surface area contributed by atoms with Crippen molar-refractivity contribution >= 4 is 11.8 Å². The fourth-order valence-electron chi connectivity index (χ4n) is 1.39. The van der Waals surface area contributed by atoms with E-state index < -0.39 is 0 Å². The minimum Gasteiger partial charge on any atom is -0.330 e. The van der Waals surface area contributed by atoms with Crippen molar-refractivity contribution < 1.29 is 0 Å². The molecule has 0 spiro atoms. The molecule has 2 N–H and O–H groups in total. The molecule has 0 radical (unpaired) electrons. The molecule has 0 atom stereocenters. The zero-order valence-corrected chi connectivity index (χ0v) is 7.33. The summed E-state index contributed by atoms with van der Waals surface area (Å²) in [5.41, 5.74) is 5.40. The van der Waals surface area contributed by atoms with Crippen LogP contribution in [0.4, 0.5) is 0 Å². The van der Waals surface area contributed by atoms with E-state index >= 15 is 0 Å². The Balaban J connectivity index is 1.91. The maximum Gasteiger partial charge on any atom is 0.00470 e. The van der Waals surface area contributed by atoms with Crippen LogP contribution in [0.25, 0.3) is 0 Å². The zero-order valence-electron chi connectivity index (χ0n) is 6.51. The van der Waals surface area contributed by atoms with Gasteiger partial charge in [0.1, 0.15) is 0 Å². The smallest absolute Gasteiger partial charge is 0.00470 e. The highest BCUT2D eigenvalue weighted by atomic mass is 32.2. The van der Waals surface area contributed by atoms with Crippen LogP contribution < -0.4 is 5.73 Å². The molecule has 0 bridgehead atoms. The van der Waals surface area contributed by atoms with Gasteiger partial charge in [-0.05, 0) is 31.6 Å². The summed E-state index contributed by atoms with van der Waals surface area (Å²) in [5.74, 6) is 1.28. The molecule has 2 heteroatoms. The minimum absolute atomic E-state index is 0.861. The predicted octanol–water partition coefficient (Wildman–Crippen LogP) is 2.01. The molecule has 0 amide bonds. The Bertz CT molecular complexity index is 79.3. The van der Waals surface area contributed by atoms with E-state index in [-0.39, 0.29) is 0 Å². The number of rotatable bonds is 4. The van der Waals surface area contributed by atoms with Crippen LogP contribution in [0.1, 0.15) is 32.1 Å². The monoisotopic (exact) mass is 159 g/mol. The van der Waals surface area contributed by atoms with Crippen molar-refractivity contribution in [1.82, 2.24) is 0 Å². The second-order valence-corrected chi connectivity index (χ2v) is 4.33. The SMILES string of the molecule is NCCCSC1CCCC1. The first-order valence-electron chi connectivity index (χ1n) is 4.25. The van der Waals surface area contributed by atoms with Gasteiger partial charge < -0.3 is 5.73 Å². The number of nitrogens with two attached hydrogens (primary N) is 1. The molecule has 60 valence electrons. The molecule has 0 aliphatic heterocycles. The van der Waals surface area contributed by atoms with E-state index in [4.69, 9.17) is 5.73 Å². The lowest BCUT2D eigenvalue weighted by molar-refractivity contribution is 0.886. The highest BCUT2D eigenvalue weighted by Crippen LogP contribution is 2.29. The quantitative estimate of drug-likeness (QED) is 0.635. The van der Waals surface area contributed by atoms with Crippen molar-refractivity contribution in [3.63, 3.8) is 0 Å². The van der Waals surface area contributed by atoms with Gasteiger partial charge >= 0.3 is 0 Å². The van der Waals surface area contributed by atoms with Crippen LogP contribution in [0.15, 0.2) is 0 Å². The summed E-state index contributed by atoms with van der Waals surface area (Å²) in [4.78, 5) is 0. The van der Waals surface area contributed by atoms with E-state index in [1.165, 1.54) is 37.9 Å². The van der Waals surface area contributed by atoms with Gasteiger partial charge in [0.05, 0.1) is 0 Å². The Morgan fingerprint density at radius 2 is 2.00 bits per heavy atom. The van der Waals surface area contributed by atoms with E-state index in [0.717, 1.165) is 11.8 Å². The minimum atomic E-state index is 0.861. The van der Waals surface area contributed by atoms with Crippen LogP contribution in [0, 0.1) is 0 Å². The molecular weight excluding hydrogens is 142 g/mol. The maximum atomic E-state index is 5.40. The molecule has 1 fully saturated rings. The van der Waals surface area contributed by atoms with Gasteiger partial charge in [-0.2, -0.15) is 11.8 Å². The summed E-state index contributed by atoms with van der Waals surface area (Å²) in [7, 11) is 0. The third-order valence-corrected chi connectivity index (χ3v) is 3.47. The molecule has 0 saturated heterocycles. The lowest BCUT2D eigenvalue weighted by Gasteiger charge is -2.06. The molecule has 1 aliphatic rings. The number of hydrogen-bond donors (Lipinski definition) is 1. The van der Waals surface area contributed by atoms with Gasteiger partial charge in [-0.25, -0.2) is 0 Å². The van der Waals surface area contributed by atoms with Crippen LogP contribution in [0.3, 0.4) is 0 Å². The molecule has 0 heterocycles. The van der Waals surface area contributed by atoms with Crippen LogP contribution in [-0.2, 0) is 0 Å². The van der Waals surface area contributed by atoms with Crippen molar-refractivity contribution in [2.75, 3.05) is 12.3 Å². The second-order valence-electron chi connectivity index (χ2n) is 2.92. The summed E-state index contributed by atoms with van der Waals surface area (Å²) in [6, 6.07) is 0. The molecule has 1 rings (SSSR count). The largest absolute Gasteiger partial charge is 0.330 e. The Morgan fingerprint density at radius 3 is 2.60 bits per heavy atom. The predicted molar refractivity (Wildman–Crippen MR) is 48.4 cm³/mol. The first-order chi connectivity index (χ1) is 4.93. The van der Waals surface area contributed by atoms with Gasteiger partial charge in [-0.15, -0.1) is 0 Å². The lowest BCUT2D eigenvalue weighted by atomic mass is 10.4. The Kier molecular flexibility index (Phi) is 4.23. The number of thioether (sulfide) groups is 1. The highest BCUT2D eigenvalue weighted by molar-refractivity contribution is 7.99. The van der Waals surface area contributed by atoms with E-state index in [1.54, 1.807) is 0 Å². The van der Waals surface area contributed by atoms with Gasteiger partial charge in [0.25, 0.3) is 0 Å². The zero-order chi connectivity index (χ0) is 7.23. The van der Waals surface area contributed by atoms with E-state index in [1.807, 2.05) is 0 Å². The van der Waals surface area contributed by atoms with Crippen molar-refractivity contribution in [3.8, 4) is 0 Å². The van der Waals surface area contributed by atoms with Gasteiger partial charge in [0, 0.05) is 5.25 Å². The fraction of sp³-hybridized carbons (Fsp3) is 1.00. The van der Waals surface area contributed by atoms with Crippen LogP contribution in [0.5, 0.6) is 0 Å². The van der Waals surface area contributed by atoms with E-state index in [2.05, 4.69) is 11.8 Å². The molecule has 0 aromatic carbocycles. The Hall–Kier alpha value is 0.310. The molecule has 0 aromatic heterocycles. The number of hydrogen-bond acceptors (Lipinski definition) is 2. The third-order valence-electron chi connectivity index (χ3n) is 2.00. The van der Waals surface area contributed by atoms with Crippen molar-refractivity contribution in [2.24, 2.45) is 5.73 Å². The van der Waals surface area contributed by atoms with Gasteiger partial charge in [0.15, 0.2) is 0 Å². The first kappa shape index (κ1) is 8.41. The van der Waals surface area contributed by atoms with Gasteiger partial charge in [-0.1, -0.05) is 12.8 Å². The summed E-state index contributed by atoms with van der Waals surface area (Å²) in [5, 5.41) is 0.978. The average Bonchev–Trinajstić information content (AvgIpc) is 2.41. The van der Waals surface area contributed by atoms with Crippen molar-refractivity contribution in [2.45, 2.75) is 37.4 Å². The fourth-order valence-corrected chi connectivity index (χ4v) is 2.72. The molecule has 1 saturated carbocycles. The molecule has 0 unspecified atom stereocenters. The summed E-state index contributed by atoms with van der Waals surface area (Å²) < 4.78 is 0. The summed E-state index contributed by atoms with van der Waals surface area (Å²) >= 11 is 2.13. The average molecular weight is 159 g/mol. The van der Waals surface area contributed by atoms with Gasteiger partial charge in [-0.3, -0.25) is 0 Å². The lowest BCUT2D eigenvalue weighted by Crippen LogP contribution is -2.02. The summed E-state index contributed by atoms with van der Waals surface area (Å²) in [6.45, 7) is 0.861. The van der Waals surface area contributed by atoms with Crippen LogP contribution in [0.2, 0.25) is 0 Å². The van der Waals surface area contributed by atoms with Crippen molar-refractivity contribution in [1.29, 1.82) is 0 Å².